The van der Waals surface area contributed by atoms with Gasteiger partial charge in [0.05, 0.1) is 6.20 Å². The lowest BCUT2D eigenvalue weighted by Gasteiger charge is -2.05. The van der Waals surface area contributed by atoms with Crippen molar-refractivity contribution in [1.82, 2.24) is 9.78 Å². The fraction of sp³-hybridized carbons (Fsp3) is 0.636. The summed E-state index contributed by atoms with van der Waals surface area (Å²) in [6.07, 6.45) is 3.27. The Morgan fingerprint density at radius 2 is 2.21 bits per heavy atom. The number of aryl methyl sites for hydroxylation is 2. The molecule has 0 spiro atoms. The van der Waals surface area contributed by atoms with E-state index in [0.29, 0.717) is 12.2 Å². The third-order valence-electron chi connectivity index (χ3n) is 2.52. The molecule has 14 heavy (non-hydrogen) atoms. The van der Waals surface area contributed by atoms with Crippen LogP contribution in [0.15, 0.2) is 6.20 Å². The van der Waals surface area contributed by atoms with E-state index in [1.807, 2.05) is 38.7 Å². The molecule has 1 aromatic rings. The Bertz CT molecular complexity index is 307. The highest BCUT2D eigenvalue weighted by Gasteiger charge is 2.10. The molecule has 0 aromatic carbocycles. The van der Waals surface area contributed by atoms with Gasteiger partial charge in [-0.1, -0.05) is 13.8 Å². The SMILES string of the molecule is Cc1cnn(C)c1CCC(=O)C(C)C. The van der Waals surface area contributed by atoms with Crippen molar-refractivity contribution < 1.29 is 4.79 Å². The van der Waals surface area contributed by atoms with Gasteiger partial charge >= 0.3 is 0 Å². The highest BCUT2D eigenvalue weighted by Crippen LogP contribution is 2.10. The third-order valence-corrected chi connectivity index (χ3v) is 2.52. The molecule has 3 heteroatoms. The number of ketones is 1. The smallest absolute Gasteiger partial charge is 0.135 e. The first-order chi connectivity index (χ1) is 6.52. The van der Waals surface area contributed by atoms with E-state index < -0.39 is 0 Å². The largest absolute Gasteiger partial charge is 0.299 e. The van der Waals surface area contributed by atoms with Crippen molar-refractivity contribution in [2.75, 3.05) is 0 Å². The van der Waals surface area contributed by atoms with Gasteiger partial charge in [0.1, 0.15) is 5.78 Å². The van der Waals surface area contributed by atoms with Crippen LogP contribution in [0.1, 0.15) is 31.5 Å². The van der Waals surface area contributed by atoms with E-state index in [1.54, 1.807) is 0 Å². The highest BCUT2D eigenvalue weighted by atomic mass is 16.1. The van der Waals surface area contributed by atoms with E-state index in [0.717, 1.165) is 6.42 Å². The number of hydrogen-bond acceptors (Lipinski definition) is 2. The standard InChI is InChI=1S/C11H18N2O/c1-8(2)11(14)6-5-10-9(3)7-12-13(10)4/h7-8H,5-6H2,1-4H3. The van der Waals surface area contributed by atoms with Crippen molar-refractivity contribution in [3.63, 3.8) is 0 Å². The van der Waals surface area contributed by atoms with Gasteiger partial charge in [-0.15, -0.1) is 0 Å². The van der Waals surface area contributed by atoms with Crippen molar-refractivity contribution >= 4 is 5.78 Å². The minimum Gasteiger partial charge on any atom is -0.299 e. The van der Waals surface area contributed by atoms with E-state index in [2.05, 4.69) is 5.10 Å². The summed E-state index contributed by atoms with van der Waals surface area (Å²) in [5, 5.41) is 4.14. The van der Waals surface area contributed by atoms with Gasteiger partial charge in [-0.2, -0.15) is 5.10 Å². The fourth-order valence-corrected chi connectivity index (χ4v) is 1.46. The molecule has 1 heterocycles. The summed E-state index contributed by atoms with van der Waals surface area (Å²) in [6, 6.07) is 0. The number of hydrogen-bond donors (Lipinski definition) is 0. The average molecular weight is 194 g/mol. The predicted octanol–water partition coefficient (Wildman–Crippen LogP) is 1.89. The number of nitrogens with zero attached hydrogens (tertiary/aromatic N) is 2. The zero-order chi connectivity index (χ0) is 10.7. The maximum atomic E-state index is 11.4. The lowest BCUT2D eigenvalue weighted by Crippen LogP contribution is -2.10. The molecule has 0 fully saturated rings. The van der Waals surface area contributed by atoms with E-state index in [9.17, 15) is 4.79 Å². The first kappa shape index (κ1) is 11.0. The normalized spacial score (nSPS) is 10.9. The molecule has 0 saturated carbocycles. The van der Waals surface area contributed by atoms with Gasteiger partial charge in [-0.3, -0.25) is 9.48 Å². The summed E-state index contributed by atoms with van der Waals surface area (Å²) in [4.78, 5) is 11.4. The van der Waals surface area contributed by atoms with Crippen LogP contribution < -0.4 is 0 Å². The Hall–Kier alpha value is -1.12. The van der Waals surface area contributed by atoms with Crippen LogP contribution in [0, 0.1) is 12.8 Å². The van der Waals surface area contributed by atoms with Gasteiger partial charge in [0.15, 0.2) is 0 Å². The maximum Gasteiger partial charge on any atom is 0.135 e. The molecule has 0 radical (unpaired) electrons. The van der Waals surface area contributed by atoms with Gasteiger partial charge in [0, 0.05) is 25.1 Å². The minimum atomic E-state index is 0.142. The summed E-state index contributed by atoms with van der Waals surface area (Å²) in [6.45, 7) is 5.92. The van der Waals surface area contributed by atoms with Crippen LogP contribution in [0.25, 0.3) is 0 Å². The van der Waals surface area contributed by atoms with E-state index >= 15 is 0 Å². The fourth-order valence-electron chi connectivity index (χ4n) is 1.46. The quantitative estimate of drug-likeness (QED) is 0.733. The van der Waals surface area contributed by atoms with Crippen molar-refractivity contribution in [1.29, 1.82) is 0 Å². The molecule has 78 valence electrons. The molecule has 0 amide bonds. The molecule has 0 saturated heterocycles. The van der Waals surface area contributed by atoms with Crippen LogP contribution in [-0.2, 0) is 18.3 Å². The zero-order valence-electron chi connectivity index (χ0n) is 9.37. The lowest BCUT2D eigenvalue weighted by atomic mass is 10.0. The zero-order valence-corrected chi connectivity index (χ0v) is 9.37. The highest BCUT2D eigenvalue weighted by molar-refractivity contribution is 5.80. The first-order valence-electron chi connectivity index (χ1n) is 5.02. The molecular formula is C11H18N2O. The number of carbonyl (C=O) groups excluding carboxylic acids is 1. The average Bonchev–Trinajstić information content (AvgIpc) is 2.43. The molecular weight excluding hydrogens is 176 g/mol. The first-order valence-corrected chi connectivity index (χ1v) is 5.02. The van der Waals surface area contributed by atoms with E-state index in [-0.39, 0.29) is 5.92 Å². The summed E-state index contributed by atoms with van der Waals surface area (Å²) in [7, 11) is 1.92. The molecule has 0 aliphatic rings. The Kier molecular flexibility index (Phi) is 3.44. The van der Waals surface area contributed by atoms with Crippen LogP contribution in [0.5, 0.6) is 0 Å². The molecule has 0 aliphatic heterocycles. The van der Waals surface area contributed by atoms with Gasteiger partial charge in [-0.25, -0.2) is 0 Å². The lowest BCUT2D eigenvalue weighted by molar-refractivity contribution is -0.121. The van der Waals surface area contributed by atoms with Gasteiger partial charge in [-0.05, 0) is 18.9 Å². The molecule has 3 nitrogen and oxygen atoms in total. The van der Waals surface area contributed by atoms with Gasteiger partial charge in [0.2, 0.25) is 0 Å². The Labute approximate surface area is 85.1 Å². The molecule has 0 atom stereocenters. The Morgan fingerprint density at radius 3 is 2.64 bits per heavy atom. The second-order valence-electron chi connectivity index (χ2n) is 4.02. The second-order valence-corrected chi connectivity index (χ2v) is 4.02. The monoisotopic (exact) mass is 194 g/mol. The third kappa shape index (κ3) is 2.44. The molecule has 0 aliphatic carbocycles. The molecule has 1 rings (SSSR count). The van der Waals surface area contributed by atoms with Crippen LogP contribution >= 0.6 is 0 Å². The second kappa shape index (κ2) is 4.40. The number of carbonyl (C=O) groups is 1. The van der Waals surface area contributed by atoms with Gasteiger partial charge in [0.25, 0.3) is 0 Å². The van der Waals surface area contributed by atoms with E-state index in [4.69, 9.17) is 0 Å². The minimum absolute atomic E-state index is 0.142. The number of aromatic nitrogens is 2. The summed E-state index contributed by atoms with van der Waals surface area (Å²) < 4.78 is 1.85. The summed E-state index contributed by atoms with van der Waals surface area (Å²) >= 11 is 0. The van der Waals surface area contributed by atoms with Crippen molar-refractivity contribution in [2.24, 2.45) is 13.0 Å². The number of rotatable bonds is 4. The molecule has 0 unspecified atom stereocenters. The van der Waals surface area contributed by atoms with Crippen molar-refractivity contribution in [2.45, 2.75) is 33.6 Å². The maximum absolute atomic E-state index is 11.4. The van der Waals surface area contributed by atoms with Crippen LogP contribution in [-0.4, -0.2) is 15.6 Å². The Balaban J connectivity index is 2.58. The molecule has 1 aromatic heterocycles. The molecule has 0 N–H and O–H groups in total. The number of Topliss-reactive ketones (excluding diaryl/α,β-unsaturated/α-hetero) is 1. The van der Waals surface area contributed by atoms with Gasteiger partial charge < -0.3 is 0 Å². The van der Waals surface area contributed by atoms with Crippen molar-refractivity contribution in [3.8, 4) is 0 Å². The van der Waals surface area contributed by atoms with E-state index in [1.165, 1.54) is 11.3 Å². The predicted molar refractivity (Wildman–Crippen MR) is 56.1 cm³/mol. The van der Waals surface area contributed by atoms with Crippen molar-refractivity contribution in [3.05, 3.63) is 17.5 Å². The van der Waals surface area contributed by atoms with Crippen LogP contribution in [0.2, 0.25) is 0 Å². The summed E-state index contributed by atoms with van der Waals surface area (Å²) in [5.74, 6) is 0.467. The van der Waals surface area contributed by atoms with Crippen LogP contribution in [0.3, 0.4) is 0 Å². The Morgan fingerprint density at radius 1 is 1.57 bits per heavy atom. The topological polar surface area (TPSA) is 34.9 Å². The van der Waals surface area contributed by atoms with Crippen LogP contribution in [0.4, 0.5) is 0 Å². The summed E-state index contributed by atoms with van der Waals surface area (Å²) in [5.41, 5.74) is 2.34. The molecule has 0 bridgehead atoms.